The third kappa shape index (κ3) is 3.35. The van der Waals surface area contributed by atoms with Gasteiger partial charge in [-0.1, -0.05) is 139 Å². The molecule has 2 heteroatoms. The second kappa shape index (κ2) is 9.34. The van der Waals surface area contributed by atoms with Crippen LogP contribution < -0.4 is 0 Å². The molecule has 210 valence electrons. The molecule has 0 fully saturated rings. The maximum atomic E-state index is 2.52. The molecule has 2 heterocycles. The molecule has 10 rings (SSSR count). The number of hydrogen-bond donors (Lipinski definition) is 0. The fourth-order valence-electron chi connectivity index (χ4n) is 8.03. The lowest BCUT2D eigenvalue weighted by Crippen LogP contribution is -2.31. The molecule has 1 aromatic heterocycles. The Morgan fingerprint density at radius 3 is 1.76 bits per heavy atom. The van der Waals surface area contributed by atoms with E-state index in [9.17, 15) is 0 Å². The number of fused-ring (bicyclic) bond motifs is 12. The van der Waals surface area contributed by atoms with Crippen LogP contribution in [-0.2, 0) is 5.41 Å². The van der Waals surface area contributed by atoms with Crippen molar-refractivity contribution in [2.75, 3.05) is 0 Å². The second-order valence-corrected chi connectivity index (χ2v) is 13.2. The largest absolute Gasteiger partial charge is 0.309 e. The minimum Gasteiger partial charge on any atom is -0.309 e. The number of para-hydroxylation sites is 1. The van der Waals surface area contributed by atoms with Crippen LogP contribution in [0.2, 0.25) is 0 Å². The lowest BCUT2D eigenvalue weighted by Gasteiger charge is -2.39. The van der Waals surface area contributed by atoms with E-state index in [1.54, 1.807) is 0 Å². The molecule has 0 saturated carbocycles. The van der Waals surface area contributed by atoms with Crippen molar-refractivity contribution in [3.63, 3.8) is 0 Å². The zero-order valence-electron chi connectivity index (χ0n) is 24.4. The summed E-state index contributed by atoms with van der Waals surface area (Å²) < 4.78 is 2.45. The molecule has 2 aliphatic rings. The maximum Gasteiger partial charge on any atom is 0.0735 e. The monoisotopic (exact) mass is 589 g/mol. The summed E-state index contributed by atoms with van der Waals surface area (Å²) in [5.41, 5.74) is 13.9. The summed E-state index contributed by atoms with van der Waals surface area (Å²) in [6.45, 7) is 0. The summed E-state index contributed by atoms with van der Waals surface area (Å²) in [6.07, 6.45) is 0. The van der Waals surface area contributed by atoms with Gasteiger partial charge in [0, 0.05) is 26.3 Å². The Morgan fingerprint density at radius 1 is 0.400 bits per heavy atom. The lowest BCUT2D eigenvalue weighted by molar-refractivity contribution is 0.724. The highest BCUT2D eigenvalue weighted by atomic mass is 32.2. The van der Waals surface area contributed by atoms with Crippen LogP contribution in [0.1, 0.15) is 22.3 Å². The van der Waals surface area contributed by atoms with Crippen LogP contribution >= 0.6 is 11.8 Å². The minimum absolute atomic E-state index is 0.376. The quantitative estimate of drug-likeness (QED) is 0.194. The van der Waals surface area contributed by atoms with Gasteiger partial charge >= 0.3 is 0 Å². The number of rotatable bonds is 2. The normalized spacial score (nSPS) is 13.9. The SMILES string of the molecule is c1ccc(-c2ccc(-n3c4ccccc4c4cc5c(cc43)Sc3ccccc3C53c4ccccc4-c4ccccc43)cc2)cc1. The van der Waals surface area contributed by atoms with Crippen molar-refractivity contribution in [3.8, 4) is 27.9 Å². The van der Waals surface area contributed by atoms with Crippen LogP contribution in [0.25, 0.3) is 49.7 Å². The van der Waals surface area contributed by atoms with Crippen LogP contribution in [0, 0.1) is 0 Å². The number of aromatic nitrogens is 1. The molecule has 8 aromatic rings. The van der Waals surface area contributed by atoms with E-state index < -0.39 is 0 Å². The standard InChI is InChI=1S/C43H27NS/c1-2-12-28(13-3-1)29-22-24-30(25-23-29)44-39-20-10-6-16-33(39)34-26-38-42(27-40(34)44)45-41-21-11-9-19-37(41)43(38)35-17-7-4-14-31(35)32-15-5-8-18-36(32)43/h1-27H. The summed E-state index contributed by atoms with van der Waals surface area (Å²) in [6, 6.07) is 60.6. The summed E-state index contributed by atoms with van der Waals surface area (Å²) in [4.78, 5) is 2.64. The van der Waals surface area contributed by atoms with Gasteiger partial charge < -0.3 is 4.57 Å². The van der Waals surface area contributed by atoms with Crippen molar-refractivity contribution >= 4 is 33.6 Å². The number of hydrogen-bond acceptors (Lipinski definition) is 1. The van der Waals surface area contributed by atoms with Crippen molar-refractivity contribution in [3.05, 3.63) is 186 Å². The average Bonchev–Trinajstić information content (AvgIpc) is 3.59. The molecule has 0 bridgehead atoms. The molecule has 45 heavy (non-hydrogen) atoms. The smallest absolute Gasteiger partial charge is 0.0735 e. The van der Waals surface area contributed by atoms with Crippen molar-refractivity contribution in [2.24, 2.45) is 0 Å². The highest BCUT2D eigenvalue weighted by molar-refractivity contribution is 7.99. The Hall–Kier alpha value is -5.31. The lowest BCUT2D eigenvalue weighted by atomic mass is 9.67. The Balaban J connectivity index is 1.28. The van der Waals surface area contributed by atoms with E-state index in [4.69, 9.17) is 0 Å². The first-order valence-corrected chi connectivity index (χ1v) is 16.3. The Kier molecular flexibility index (Phi) is 5.20. The first-order valence-electron chi connectivity index (χ1n) is 15.5. The van der Waals surface area contributed by atoms with Gasteiger partial charge in [0.2, 0.25) is 0 Å². The predicted octanol–water partition coefficient (Wildman–Crippen LogP) is 11.3. The summed E-state index contributed by atoms with van der Waals surface area (Å²) in [7, 11) is 0. The predicted molar refractivity (Wildman–Crippen MR) is 188 cm³/mol. The minimum atomic E-state index is -0.376. The molecule has 0 amide bonds. The van der Waals surface area contributed by atoms with Gasteiger partial charge in [0.05, 0.1) is 16.4 Å². The van der Waals surface area contributed by atoms with Crippen LogP contribution in [0.4, 0.5) is 0 Å². The van der Waals surface area contributed by atoms with Gasteiger partial charge in [0.15, 0.2) is 0 Å². The van der Waals surface area contributed by atoms with Gasteiger partial charge in [-0.3, -0.25) is 0 Å². The van der Waals surface area contributed by atoms with Crippen LogP contribution in [0.5, 0.6) is 0 Å². The van der Waals surface area contributed by atoms with E-state index in [0.717, 1.165) is 0 Å². The molecule has 1 aliphatic carbocycles. The molecular weight excluding hydrogens is 563 g/mol. The molecule has 1 nitrogen and oxygen atoms in total. The van der Waals surface area contributed by atoms with E-state index in [1.807, 2.05) is 11.8 Å². The first-order chi connectivity index (χ1) is 22.3. The summed E-state index contributed by atoms with van der Waals surface area (Å²) >= 11 is 1.91. The van der Waals surface area contributed by atoms with Crippen molar-refractivity contribution in [1.29, 1.82) is 0 Å². The molecule has 1 spiro atoms. The van der Waals surface area contributed by atoms with Gasteiger partial charge in [0.25, 0.3) is 0 Å². The third-order valence-corrected chi connectivity index (χ3v) is 11.0. The van der Waals surface area contributed by atoms with E-state index in [-0.39, 0.29) is 5.41 Å². The highest BCUT2D eigenvalue weighted by Crippen LogP contribution is 2.62. The van der Waals surface area contributed by atoms with E-state index in [1.165, 1.54) is 81.8 Å². The zero-order valence-corrected chi connectivity index (χ0v) is 25.3. The van der Waals surface area contributed by atoms with Gasteiger partial charge in [-0.15, -0.1) is 0 Å². The van der Waals surface area contributed by atoms with Crippen LogP contribution in [-0.4, -0.2) is 4.57 Å². The molecule has 7 aromatic carbocycles. The first kappa shape index (κ1) is 25.1. The Morgan fingerprint density at radius 2 is 1.00 bits per heavy atom. The molecule has 0 atom stereocenters. The molecule has 0 N–H and O–H groups in total. The second-order valence-electron chi connectivity index (χ2n) is 12.1. The van der Waals surface area contributed by atoms with Gasteiger partial charge in [-0.2, -0.15) is 0 Å². The van der Waals surface area contributed by atoms with Gasteiger partial charge in [0.1, 0.15) is 0 Å². The maximum absolute atomic E-state index is 2.52. The fourth-order valence-corrected chi connectivity index (χ4v) is 9.24. The van der Waals surface area contributed by atoms with E-state index >= 15 is 0 Å². The zero-order chi connectivity index (χ0) is 29.5. The van der Waals surface area contributed by atoms with Gasteiger partial charge in [-0.25, -0.2) is 0 Å². The third-order valence-electron chi connectivity index (χ3n) is 9.87. The highest BCUT2D eigenvalue weighted by Gasteiger charge is 2.50. The Labute approximate surface area is 266 Å². The van der Waals surface area contributed by atoms with E-state index in [0.29, 0.717) is 0 Å². The average molecular weight is 590 g/mol. The van der Waals surface area contributed by atoms with Crippen LogP contribution in [0.15, 0.2) is 174 Å². The van der Waals surface area contributed by atoms with Gasteiger partial charge in [-0.05, 0) is 80.9 Å². The van der Waals surface area contributed by atoms with Crippen molar-refractivity contribution in [1.82, 2.24) is 4.57 Å². The summed E-state index contributed by atoms with van der Waals surface area (Å²) in [5, 5.41) is 2.57. The topological polar surface area (TPSA) is 4.93 Å². The van der Waals surface area contributed by atoms with Crippen molar-refractivity contribution in [2.45, 2.75) is 15.2 Å². The Bertz CT molecular complexity index is 2400. The molecule has 0 saturated heterocycles. The molecule has 0 unspecified atom stereocenters. The molecule has 1 aliphatic heterocycles. The van der Waals surface area contributed by atoms with Crippen molar-refractivity contribution < 1.29 is 0 Å². The molecular formula is C43H27NS. The summed E-state index contributed by atoms with van der Waals surface area (Å²) in [5.74, 6) is 0. The molecule has 0 radical (unpaired) electrons. The number of nitrogens with zero attached hydrogens (tertiary/aromatic N) is 1. The number of benzene rings is 7. The fraction of sp³-hybridized carbons (Fsp3) is 0.0233. The van der Waals surface area contributed by atoms with E-state index in [2.05, 4.69) is 168 Å². The van der Waals surface area contributed by atoms with Crippen LogP contribution in [0.3, 0.4) is 0 Å².